The maximum Gasteiger partial charge on any atom is 0.457 e. The second-order valence-corrected chi connectivity index (χ2v) is 4.38. The summed E-state index contributed by atoms with van der Waals surface area (Å²) >= 11 is 0. The summed E-state index contributed by atoms with van der Waals surface area (Å²) in [6.07, 6.45) is 6.61. The number of rotatable bonds is 9. The highest BCUT2D eigenvalue weighted by Gasteiger charge is 2.22. The molecule has 0 aliphatic heterocycles. The minimum atomic E-state index is -4.32. The van der Waals surface area contributed by atoms with Crippen molar-refractivity contribution in [2.75, 3.05) is 0 Å². The van der Waals surface area contributed by atoms with Crippen molar-refractivity contribution in [1.82, 2.24) is 0 Å². The van der Waals surface area contributed by atoms with Gasteiger partial charge in [0.2, 0.25) is 0 Å². The highest BCUT2D eigenvalue weighted by molar-refractivity contribution is 5.04. The summed E-state index contributed by atoms with van der Waals surface area (Å²) in [5.41, 5.74) is 0. The Balaban J connectivity index is 3.16. The van der Waals surface area contributed by atoms with Crippen LogP contribution >= 0.6 is 0 Å². The van der Waals surface area contributed by atoms with Crippen molar-refractivity contribution < 1.29 is 13.2 Å². The van der Waals surface area contributed by atoms with Crippen LogP contribution in [-0.4, -0.2) is 6.18 Å². The fraction of sp³-hybridized carbons (Fsp3) is 0.857. The van der Waals surface area contributed by atoms with E-state index in [1.807, 2.05) is 0 Å². The Labute approximate surface area is 103 Å². The van der Waals surface area contributed by atoms with Crippen LogP contribution in [-0.2, 0) is 0 Å². The normalized spacial score (nSPS) is 11.1. The highest BCUT2D eigenvalue weighted by Crippen LogP contribution is 2.13. The molecule has 0 amide bonds. The Bertz CT molecular complexity index is 220. The van der Waals surface area contributed by atoms with Crippen LogP contribution < -0.4 is 0 Å². The van der Waals surface area contributed by atoms with Crippen LogP contribution in [0.3, 0.4) is 0 Å². The molecule has 0 spiro atoms. The molecule has 3 heteroatoms. The molecule has 0 aliphatic rings. The Morgan fingerprint density at radius 1 is 0.765 bits per heavy atom. The average Bonchev–Trinajstić information content (AvgIpc) is 2.24. The highest BCUT2D eigenvalue weighted by atomic mass is 19.4. The second-order valence-electron chi connectivity index (χ2n) is 4.38. The lowest BCUT2D eigenvalue weighted by Crippen LogP contribution is -2.01. The fourth-order valence-corrected chi connectivity index (χ4v) is 1.69. The van der Waals surface area contributed by atoms with Crippen molar-refractivity contribution in [3.05, 3.63) is 0 Å². The summed E-state index contributed by atoms with van der Waals surface area (Å²) in [5.74, 6) is 3.47. The molecule has 0 aromatic rings. The van der Waals surface area contributed by atoms with Crippen molar-refractivity contribution >= 4 is 0 Å². The Morgan fingerprint density at radius 3 is 1.71 bits per heavy atom. The molecule has 0 radical (unpaired) electrons. The van der Waals surface area contributed by atoms with Crippen LogP contribution in [0.1, 0.15) is 71.1 Å². The molecule has 100 valence electrons. The molecule has 0 aliphatic carbocycles. The largest absolute Gasteiger partial charge is 0.457 e. The van der Waals surface area contributed by atoms with Gasteiger partial charge in [0.15, 0.2) is 0 Å². The quantitative estimate of drug-likeness (QED) is 0.375. The van der Waals surface area contributed by atoms with E-state index in [-0.39, 0.29) is 0 Å². The summed E-state index contributed by atoms with van der Waals surface area (Å²) in [7, 11) is 0. The lowest BCUT2D eigenvalue weighted by molar-refractivity contribution is -0.0697. The molecule has 17 heavy (non-hydrogen) atoms. The standard InChI is InChI=1S/C14H23F3/c1-2-3-4-5-6-7-8-9-10-11-12-13-14(15,16)17/h2-11H2,1H3. The number of halogens is 3. The van der Waals surface area contributed by atoms with Crippen molar-refractivity contribution in [3.63, 3.8) is 0 Å². The molecule has 0 aromatic carbocycles. The van der Waals surface area contributed by atoms with Gasteiger partial charge < -0.3 is 0 Å². The minimum absolute atomic E-state index is 0.370. The van der Waals surface area contributed by atoms with E-state index in [4.69, 9.17) is 0 Å². The summed E-state index contributed by atoms with van der Waals surface area (Å²) in [4.78, 5) is 0. The SMILES string of the molecule is CCCCCCCCCCCC#CC(F)(F)F. The van der Waals surface area contributed by atoms with Crippen LogP contribution in [0.15, 0.2) is 0 Å². The molecular formula is C14H23F3. The van der Waals surface area contributed by atoms with Crippen LogP contribution in [0.4, 0.5) is 13.2 Å². The lowest BCUT2D eigenvalue weighted by Gasteiger charge is -2.00. The molecule has 0 saturated carbocycles. The van der Waals surface area contributed by atoms with Gasteiger partial charge >= 0.3 is 6.18 Å². The number of alkyl halides is 3. The van der Waals surface area contributed by atoms with Crippen molar-refractivity contribution in [1.29, 1.82) is 0 Å². The van der Waals surface area contributed by atoms with E-state index in [9.17, 15) is 13.2 Å². The minimum Gasteiger partial charge on any atom is -0.159 e. The van der Waals surface area contributed by atoms with Crippen molar-refractivity contribution in [2.24, 2.45) is 0 Å². The second kappa shape index (κ2) is 10.5. The van der Waals surface area contributed by atoms with Crippen LogP contribution in [0.5, 0.6) is 0 Å². The average molecular weight is 248 g/mol. The molecule has 0 heterocycles. The maximum atomic E-state index is 11.7. The molecule has 0 bridgehead atoms. The van der Waals surface area contributed by atoms with Gasteiger partial charge in [-0.15, -0.1) is 0 Å². The van der Waals surface area contributed by atoms with Gasteiger partial charge in [-0.3, -0.25) is 0 Å². The third-order valence-corrected chi connectivity index (χ3v) is 2.64. The molecule has 0 N–H and O–H groups in total. The Morgan fingerprint density at radius 2 is 1.24 bits per heavy atom. The molecule has 0 unspecified atom stereocenters. The van der Waals surface area contributed by atoms with Crippen LogP contribution in [0.2, 0.25) is 0 Å². The molecule has 0 rings (SSSR count). The molecule has 0 atom stereocenters. The first-order valence-electron chi connectivity index (χ1n) is 6.63. The van der Waals surface area contributed by atoms with E-state index in [0.29, 0.717) is 6.42 Å². The zero-order valence-electron chi connectivity index (χ0n) is 10.7. The van der Waals surface area contributed by atoms with E-state index in [2.05, 4.69) is 12.8 Å². The summed E-state index contributed by atoms with van der Waals surface area (Å²) in [6.45, 7) is 2.20. The van der Waals surface area contributed by atoms with E-state index < -0.39 is 6.18 Å². The first-order valence-corrected chi connectivity index (χ1v) is 6.63. The topological polar surface area (TPSA) is 0 Å². The lowest BCUT2D eigenvalue weighted by atomic mass is 10.1. The van der Waals surface area contributed by atoms with Crippen LogP contribution in [0, 0.1) is 11.8 Å². The first-order chi connectivity index (χ1) is 8.06. The third-order valence-electron chi connectivity index (χ3n) is 2.64. The van der Waals surface area contributed by atoms with Gasteiger partial charge in [0.05, 0.1) is 0 Å². The van der Waals surface area contributed by atoms with Gasteiger partial charge in [0, 0.05) is 12.3 Å². The van der Waals surface area contributed by atoms with E-state index in [1.54, 1.807) is 0 Å². The summed E-state index contributed by atoms with van der Waals surface area (Å²) in [6, 6.07) is 0. The summed E-state index contributed by atoms with van der Waals surface area (Å²) in [5, 5.41) is 0. The molecule has 0 aromatic heterocycles. The predicted molar refractivity (Wildman–Crippen MR) is 65.7 cm³/mol. The molecule has 0 saturated heterocycles. The van der Waals surface area contributed by atoms with E-state index >= 15 is 0 Å². The first kappa shape index (κ1) is 16.4. The number of unbranched alkanes of at least 4 members (excludes halogenated alkanes) is 9. The number of hydrogen-bond acceptors (Lipinski definition) is 0. The number of hydrogen-bond donors (Lipinski definition) is 0. The molecule has 0 nitrogen and oxygen atoms in total. The van der Waals surface area contributed by atoms with Crippen molar-refractivity contribution in [2.45, 2.75) is 77.3 Å². The predicted octanol–water partition coefficient (Wildman–Crippen LogP) is 5.47. The summed E-state index contributed by atoms with van der Waals surface area (Å²) < 4.78 is 35.0. The monoisotopic (exact) mass is 248 g/mol. The Kier molecular flexibility index (Phi) is 10.1. The third kappa shape index (κ3) is 15.4. The van der Waals surface area contributed by atoms with E-state index in [1.165, 1.54) is 44.4 Å². The zero-order valence-corrected chi connectivity index (χ0v) is 10.7. The van der Waals surface area contributed by atoms with Gasteiger partial charge in [-0.05, 0) is 6.42 Å². The Hall–Kier alpha value is -0.650. The smallest absolute Gasteiger partial charge is 0.159 e. The van der Waals surface area contributed by atoms with Gasteiger partial charge in [0.25, 0.3) is 0 Å². The van der Waals surface area contributed by atoms with Gasteiger partial charge in [-0.1, -0.05) is 64.2 Å². The molecule has 0 fully saturated rings. The zero-order chi connectivity index (χ0) is 13.0. The van der Waals surface area contributed by atoms with Gasteiger partial charge in [-0.2, -0.15) is 13.2 Å². The van der Waals surface area contributed by atoms with Gasteiger partial charge in [0.1, 0.15) is 0 Å². The van der Waals surface area contributed by atoms with E-state index in [0.717, 1.165) is 19.3 Å². The van der Waals surface area contributed by atoms with Gasteiger partial charge in [-0.25, -0.2) is 0 Å². The van der Waals surface area contributed by atoms with Crippen molar-refractivity contribution in [3.8, 4) is 11.8 Å². The molecular weight excluding hydrogens is 225 g/mol. The van der Waals surface area contributed by atoms with Crippen LogP contribution in [0.25, 0.3) is 0 Å². The fourth-order valence-electron chi connectivity index (χ4n) is 1.69. The maximum absolute atomic E-state index is 11.7.